The number of amides is 1. The van der Waals surface area contributed by atoms with Gasteiger partial charge in [-0.3, -0.25) is 4.79 Å². The lowest BCUT2D eigenvalue weighted by Crippen LogP contribution is -2.36. The van der Waals surface area contributed by atoms with Crippen LogP contribution in [0.1, 0.15) is 38.2 Å². The number of hydrogen-bond donors (Lipinski definition) is 2. The van der Waals surface area contributed by atoms with E-state index in [1.54, 1.807) is 31.2 Å². The molecule has 0 saturated heterocycles. The Morgan fingerprint density at radius 2 is 2.00 bits per heavy atom. The average Bonchev–Trinajstić information content (AvgIpc) is 2.97. The van der Waals surface area contributed by atoms with Gasteiger partial charge < -0.3 is 15.3 Å². The van der Waals surface area contributed by atoms with Crippen LogP contribution in [0.15, 0.2) is 29.4 Å². The van der Waals surface area contributed by atoms with Gasteiger partial charge in [-0.2, -0.15) is 0 Å². The maximum Gasteiger partial charge on any atom is 0.258 e. The lowest BCUT2D eigenvalue weighted by molar-refractivity contribution is -0.123. The summed E-state index contributed by atoms with van der Waals surface area (Å²) >= 11 is 0. The molecule has 0 aromatic heterocycles. The van der Waals surface area contributed by atoms with E-state index in [1.807, 2.05) is 0 Å². The Morgan fingerprint density at radius 3 is 2.60 bits per heavy atom. The monoisotopic (exact) mass is 276 g/mol. The van der Waals surface area contributed by atoms with Gasteiger partial charge in [0.1, 0.15) is 5.75 Å². The topological polar surface area (TPSA) is 70.9 Å². The maximum absolute atomic E-state index is 11.7. The third kappa shape index (κ3) is 3.98. The van der Waals surface area contributed by atoms with Crippen molar-refractivity contribution in [2.24, 2.45) is 5.16 Å². The Bertz CT molecular complexity index is 476. The number of carbonyl (C=O) groups excluding carboxylic acids is 1. The van der Waals surface area contributed by atoms with Gasteiger partial charge in [-0.15, -0.1) is 0 Å². The quantitative estimate of drug-likeness (QED) is 0.492. The van der Waals surface area contributed by atoms with Crippen molar-refractivity contribution in [1.29, 1.82) is 0 Å². The molecule has 1 fully saturated rings. The smallest absolute Gasteiger partial charge is 0.258 e. The lowest BCUT2D eigenvalue weighted by atomic mass is 10.1. The highest BCUT2D eigenvalue weighted by Gasteiger charge is 2.17. The molecule has 2 N–H and O–H groups in total. The first kappa shape index (κ1) is 14.4. The third-order valence-corrected chi connectivity index (χ3v) is 3.51. The molecular formula is C15H20N2O3. The number of hydrogen-bond acceptors (Lipinski definition) is 4. The fraction of sp³-hybridized carbons (Fsp3) is 0.467. The van der Waals surface area contributed by atoms with Gasteiger partial charge in [0.25, 0.3) is 5.91 Å². The van der Waals surface area contributed by atoms with E-state index < -0.39 is 0 Å². The van der Waals surface area contributed by atoms with E-state index in [4.69, 9.17) is 9.94 Å². The summed E-state index contributed by atoms with van der Waals surface area (Å²) in [6.45, 7) is 1.74. The zero-order valence-electron chi connectivity index (χ0n) is 11.6. The minimum absolute atomic E-state index is 0.0307. The van der Waals surface area contributed by atoms with Crippen molar-refractivity contribution >= 4 is 11.6 Å². The molecule has 0 atom stereocenters. The molecule has 5 heteroatoms. The number of carbonyl (C=O) groups is 1. The zero-order chi connectivity index (χ0) is 14.4. The molecule has 5 nitrogen and oxygen atoms in total. The van der Waals surface area contributed by atoms with Gasteiger partial charge in [-0.1, -0.05) is 18.0 Å². The third-order valence-electron chi connectivity index (χ3n) is 3.51. The SMILES string of the molecule is C/C(=N/O)c1ccc(OCC(=O)NC2CCCC2)cc1. The summed E-state index contributed by atoms with van der Waals surface area (Å²) in [5.41, 5.74) is 1.35. The van der Waals surface area contributed by atoms with E-state index in [-0.39, 0.29) is 12.5 Å². The van der Waals surface area contributed by atoms with Crippen LogP contribution >= 0.6 is 0 Å². The van der Waals surface area contributed by atoms with Crippen molar-refractivity contribution in [3.8, 4) is 5.75 Å². The van der Waals surface area contributed by atoms with E-state index in [2.05, 4.69) is 10.5 Å². The molecule has 0 unspecified atom stereocenters. The normalized spacial score (nSPS) is 16.1. The van der Waals surface area contributed by atoms with Gasteiger partial charge >= 0.3 is 0 Å². The lowest BCUT2D eigenvalue weighted by Gasteiger charge is -2.12. The summed E-state index contributed by atoms with van der Waals surface area (Å²) < 4.78 is 5.43. The van der Waals surface area contributed by atoms with Crippen LogP contribution < -0.4 is 10.1 Å². The second-order valence-corrected chi connectivity index (χ2v) is 5.05. The molecule has 1 aromatic rings. The van der Waals surface area contributed by atoms with Gasteiger partial charge in [-0.05, 0) is 49.6 Å². The largest absolute Gasteiger partial charge is 0.484 e. The van der Waals surface area contributed by atoms with Gasteiger partial charge in [0.15, 0.2) is 6.61 Å². The van der Waals surface area contributed by atoms with Crippen molar-refractivity contribution in [3.05, 3.63) is 29.8 Å². The standard InChI is InChI=1S/C15H20N2O3/c1-11(17-19)12-6-8-14(9-7-12)20-10-15(18)16-13-4-2-3-5-13/h6-9,13,19H,2-5,10H2,1H3,(H,16,18)/b17-11-. The Morgan fingerprint density at radius 1 is 1.35 bits per heavy atom. The maximum atomic E-state index is 11.7. The molecule has 1 aromatic carbocycles. The van der Waals surface area contributed by atoms with Crippen LogP contribution in [0.5, 0.6) is 5.75 Å². The number of oxime groups is 1. The summed E-state index contributed by atoms with van der Waals surface area (Å²) in [5.74, 6) is 0.551. The Hall–Kier alpha value is -2.04. The molecule has 1 aliphatic rings. The van der Waals surface area contributed by atoms with Gasteiger partial charge in [0.2, 0.25) is 0 Å². The van der Waals surface area contributed by atoms with E-state index in [9.17, 15) is 4.79 Å². The Labute approximate surface area is 118 Å². The van der Waals surface area contributed by atoms with Crippen molar-refractivity contribution < 1.29 is 14.7 Å². The van der Waals surface area contributed by atoms with Crippen LogP contribution in [-0.2, 0) is 4.79 Å². The number of benzene rings is 1. The molecule has 0 heterocycles. The Balaban J connectivity index is 1.79. The first-order chi connectivity index (χ1) is 9.69. The van der Waals surface area contributed by atoms with Crippen LogP contribution in [0.4, 0.5) is 0 Å². The van der Waals surface area contributed by atoms with Gasteiger partial charge in [-0.25, -0.2) is 0 Å². The van der Waals surface area contributed by atoms with Crippen LogP contribution in [0.3, 0.4) is 0 Å². The van der Waals surface area contributed by atoms with Crippen LogP contribution in [0.25, 0.3) is 0 Å². The highest BCUT2D eigenvalue weighted by Crippen LogP contribution is 2.17. The first-order valence-electron chi connectivity index (χ1n) is 6.90. The molecule has 108 valence electrons. The highest BCUT2D eigenvalue weighted by atomic mass is 16.5. The molecule has 2 rings (SSSR count). The number of rotatable bonds is 5. The zero-order valence-corrected chi connectivity index (χ0v) is 11.6. The van der Waals surface area contributed by atoms with Crippen LogP contribution in [-0.4, -0.2) is 29.5 Å². The molecule has 1 amide bonds. The van der Waals surface area contributed by atoms with E-state index in [0.717, 1.165) is 18.4 Å². The van der Waals surface area contributed by atoms with Crippen LogP contribution in [0.2, 0.25) is 0 Å². The number of nitrogens with one attached hydrogen (secondary N) is 1. The summed E-state index contributed by atoms with van der Waals surface area (Å²) in [6.07, 6.45) is 4.53. The molecule has 0 radical (unpaired) electrons. The molecule has 0 aliphatic heterocycles. The van der Waals surface area contributed by atoms with Crippen molar-refractivity contribution in [1.82, 2.24) is 5.32 Å². The molecule has 0 spiro atoms. The fourth-order valence-corrected chi connectivity index (χ4v) is 2.34. The average molecular weight is 276 g/mol. The van der Waals surface area contributed by atoms with Crippen molar-refractivity contribution in [3.63, 3.8) is 0 Å². The van der Waals surface area contributed by atoms with Crippen LogP contribution in [0, 0.1) is 0 Å². The molecule has 1 aliphatic carbocycles. The molecule has 0 bridgehead atoms. The second-order valence-electron chi connectivity index (χ2n) is 5.05. The van der Waals surface area contributed by atoms with Crippen molar-refractivity contribution in [2.45, 2.75) is 38.6 Å². The molecule has 20 heavy (non-hydrogen) atoms. The fourth-order valence-electron chi connectivity index (χ4n) is 2.34. The minimum atomic E-state index is -0.0749. The molecule has 1 saturated carbocycles. The summed E-state index contributed by atoms with van der Waals surface area (Å²) in [4.78, 5) is 11.7. The minimum Gasteiger partial charge on any atom is -0.484 e. The Kier molecular flexibility index (Phi) is 4.98. The molecular weight excluding hydrogens is 256 g/mol. The van der Waals surface area contributed by atoms with Gasteiger partial charge in [0, 0.05) is 6.04 Å². The summed E-state index contributed by atoms with van der Waals surface area (Å²) in [5, 5.41) is 14.8. The van der Waals surface area contributed by atoms with Crippen molar-refractivity contribution in [2.75, 3.05) is 6.61 Å². The van der Waals surface area contributed by atoms with E-state index in [1.165, 1.54) is 12.8 Å². The number of nitrogens with zero attached hydrogens (tertiary/aromatic N) is 1. The first-order valence-corrected chi connectivity index (χ1v) is 6.90. The predicted molar refractivity (Wildman–Crippen MR) is 76.3 cm³/mol. The van der Waals surface area contributed by atoms with E-state index in [0.29, 0.717) is 17.5 Å². The predicted octanol–water partition coefficient (Wildman–Crippen LogP) is 2.32. The van der Waals surface area contributed by atoms with E-state index >= 15 is 0 Å². The summed E-state index contributed by atoms with van der Waals surface area (Å²) in [7, 11) is 0. The van der Waals surface area contributed by atoms with Gasteiger partial charge in [0.05, 0.1) is 5.71 Å². The second kappa shape index (κ2) is 6.93. The highest BCUT2D eigenvalue weighted by molar-refractivity contribution is 5.98. The number of ether oxygens (including phenoxy) is 1. The summed E-state index contributed by atoms with van der Waals surface area (Å²) in [6, 6.07) is 7.41.